The second-order valence-corrected chi connectivity index (χ2v) is 12.2. The maximum absolute atomic E-state index is 10.9. The Kier molecular flexibility index (Phi) is 5.42. The number of anilines is 4. The van der Waals surface area contributed by atoms with Gasteiger partial charge in [0, 0.05) is 60.9 Å². The van der Waals surface area contributed by atoms with Gasteiger partial charge in [-0.15, -0.1) is 0 Å². The van der Waals surface area contributed by atoms with E-state index in [0.717, 1.165) is 56.0 Å². The van der Waals surface area contributed by atoms with Gasteiger partial charge in [0.25, 0.3) is 0 Å². The molecule has 2 saturated heterocycles. The molecule has 6 aliphatic rings. The third-order valence-electron chi connectivity index (χ3n) is 9.71. The molecule has 4 unspecified atom stereocenters. The van der Waals surface area contributed by atoms with E-state index >= 15 is 0 Å². The van der Waals surface area contributed by atoms with Gasteiger partial charge in [0.05, 0.1) is 12.2 Å². The highest BCUT2D eigenvalue weighted by atomic mass is 16.3. The van der Waals surface area contributed by atoms with Gasteiger partial charge >= 0.3 is 0 Å². The van der Waals surface area contributed by atoms with Gasteiger partial charge in [0.2, 0.25) is 5.95 Å². The number of nitrogens with one attached hydrogen (secondary N) is 2. The number of benzene rings is 1. The topological polar surface area (TPSA) is 96.8 Å². The monoisotopic (exact) mass is 490 g/mol. The summed E-state index contributed by atoms with van der Waals surface area (Å²) in [6, 6.07) is 10.1. The summed E-state index contributed by atoms with van der Waals surface area (Å²) in [5.74, 6) is 3.30. The lowest BCUT2D eigenvalue weighted by molar-refractivity contribution is -0.129. The maximum atomic E-state index is 10.9. The zero-order valence-corrected chi connectivity index (χ0v) is 21.1. The number of hydrogen-bond acceptors (Lipinski definition) is 8. The molecule has 1 aromatic heterocycles. The van der Waals surface area contributed by atoms with Gasteiger partial charge in [-0.25, -0.2) is 4.98 Å². The summed E-state index contributed by atoms with van der Waals surface area (Å²) in [6.07, 6.45) is 8.42. The van der Waals surface area contributed by atoms with Crippen LogP contribution < -0.4 is 15.5 Å². The fourth-order valence-electron chi connectivity index (χ4n) is 8.36. The molecule has 0 radical (unpaired) electrons. The minimum absolute atomic E-state index is 0.244. The van der Waals surface area contributed by atoms with Crippen LogP contribution in [0.25, 0.3) is 0 Å². The third kappa shape index (κ3) is 3.94. The molecule has 3 heterocycles. The lowest BCUT2D eigenvalue weighted by atomic mass is 9.52. The molecular formula is C28H38N6O2. The normalized spacial score (nSPS) is 36.6. The Hall–Kier alpha value is -2.42. The van der Waals surface area contributed by atoms with Crippen LogP contribution in [0.1, 0.15) is 44.1 Å². The fourth-order valence-corrected chi connectivity index (χ4v) is 8.36. The Morgan fingerprint density at radius 3 is 2.47 bits per heavy atom. The highest BCUT2D eigenvalue weighted by molar-refractivity contribution is 5.61. The highest BCUT2D eigenvalue weighted by Crippen LogP contribution is 2.56. The summed E-state index contributed by atoms with van der Waals surface area (Å²) in [5.41, 5.74) is 2.88. The van der Waals surface area contributed by atoms with E-state index in [1.54, 1.807) is 0 Å². The minimum atomic E-state index is -0.415. The SMILES string of the molecule is Cc1cnc(Nc2ccc(N3CC4CC3CN4CCO)cc2)nc1NC1C2CC3CC1CC(O)(C3)C2. The first-order valence-electron chi connectivity index (χ1n) is 13.8. The van der Waals surface area contributed by atoms with Crippen LogP contribution in [-0.4, -0.2) is 75.0 Å². The smallest absolute Gasteiger partial charge is 0.229 e. The van der Waals surface area contributed by atoms with E-state index in [1.165, 1.54) is 24.9 Å². The average Bonchev–Trinajstić information content (AvgIpc) is 3.44. The number of aromatic nitrogens is 2. The van der Waals surface area contributed by atoms with E-state index in [1.807, 2.05) is 6.20 Å². The van der Waals surface area contributed by atoms with Crippen molar-refractivity contribution < 1.29 is 10.2 Å². The first-order valence-corrected chi connectivity index (χ1v) is 13.8. The van der Waals surface area contributed by atoms with E-state index in [4.69, 9.17) is 4.98 Å². The van der Waals surface area contributed by atoms with Crippen molar-refractivity contribution in [2.75, 3.05) is 41.8 Å². The van der Waals surface area contributed by atoms with Crippen LogP contribution in [0.4, 0.5) is 23.1 Å². The largest absolute Gasteiger partial charge is 0.395 e. The van der Waals surface area contributed by atoms with E-state index in [-0.39, 0.29) is 6.61 Å². The number of piperazine rings is 1. The van der Waals surface area contributed by atoms with E-state index in [9.17, 15) is 10.2 Å². The zero-order valence-electron chi connectivity index (χ0n) is 21.1. The van der Waals surface area contributed by atoms with Crippen LogP contribution in [0, 0.1) is 24.7 Å². The number of rotatable bonds is 7. The molecule has 2 aliphatic heterocycles. The molecule has 4 saturated carbocycles. The van der Waals surface area contributed by atoms with Crippen molar-refractivity contribution in [1.29, 1.82) is 0 Å². The van der Waals surface area contributed by atoms with Crippen molar-refractivity contribution in [2.24, 2.45) is 17.8 Å². The Labute approximate surface area is 213 Å². The van der Waals surface area contributed by atoms with E-state index in [0.29, 0.717) is 41.8 Å². The standard InChI is InChI=1S/C28H38N6O2/c1-17-14-29-27(32-26(17)31-25-19-8-18-9-20(25)13-28(36,11-18)12-19)30-21-2-4-22(5-3-21)34-16-23-10-24(34)15-33(23)6-7-35/h2-5,14,18-20,23-25,35-36H,6-13,15-16H2,1H3,(H2,29,30,31,32). The van der Waals surface area contributed by atoms with Crippen molar-refractivity contribution in [1.82, 2.24) is 14.9 Å². The molecule has 8 heteroatoms. The van der Waals surface area contributed by atoms with Crippen molar-refractivity contribution in [3.8, 4) is 0 Å². The third-order valence-corrected chi connectivity index (χ3v) is 9.71. The van der Waals surface area contributed by atoms with Crippen LogP contribution in [0.2, 0.25) is 0 Å². The number of fused-ring (bicyclic) bond motifs is 2. The molecule has 4 aliphatic carbocycles. The second-order valence-electron chi connectivity index (χ2n) is 12.2. The lowest BCUT2D eigenvalue weighted by Gasteiger charge is -2.58. The summed E-state index contributed by atoms with van der Waals surface area (Å²) in [4.78, 5) is 14.3. The number of hydrogen-bond donors (Lipinski definition) is 4. The van der Waals surface area contributed by atoms with Crippen molar-refractivity contribution in [3.63, 3.8) is 0 Å². The van der Waals surface area contributed by atoms with Crippen LogP contribution in [0.3, 0.4) is 0 Å². The molecule has 6 bridgehead atoms. The Bertz CT molecular complexity index is 1110. The lowest BCUT2D eigenvalue weighted by Crippen LogP contribution is -2.59. The van der Waals surface area contributed by atoms with E-state index < -0.39 is 5.60 Å². The summed E-state index contributed by atoms with van der Waals surface area (Å²) in [6.45, 7) is 5.18. The minimum Gasteiger partial charge on any atom is -0.395 e. The summed E-state index contributed by atoms with van der Waals surface area (Å²) in [5, 5.41) is 27.4. The van der Waals surface area contributed by atoms with Gasteiger partial charge in [-0.05, 0) is 87.5 Å². The highest BCUT2D eigenvalue weighted by Gasteiger charge is 2.54. The molecule has 4 atom stereocenters. The van der Waals surface area contributed by atoms with Gasteiger partial charge in [-0.1, -0.05) is 0 Å². The molecule has 8 nitrogen and oxygen atoms in total. The van der Waals surface area contributed by atoms with Crippen molar-refractivity contribution in [2.45, 2.75) is 69.2 Å². The molecule has 2 aromatic rings. The molecular weight excluding hydrogens is 452 g/mol. The first kappa shape index (κ1) is 22.8. The Morgan fingerprint density at radius 1 is 1.03 bits per heavy atom. The van der Waals surface area contributed by atoms with Crippen molar-refractivity contribution in [3.05, 3.63) is 36.0 Å². The summed E-state index contributed by atoms with van der Waals surface area (Å²) < 4.78 is 0. The molecule has 8 rings (SSSR count). The first-order chi connectivity index (χ1) is 17.5. The average molecular weight is 491 g/mol. The molecule has 6 fully saturated rings. The number of aliphatic hydroxyl groups is 2. The van der Waals surface area contributed by atoms with Crippen LogP contribution in [-0.2, 0) is 0 Å². The van der Waals surface area contributed by atoms with Gasteiger partial charge in [0.1, 0.15) is 5.82 Å². The van der Waals surface area contributed by atoms with Crippen LogP contribution >= 0.6 is 0 Å². The van der Waals surface area contributed by atoms with Gasteiger partial charge in [-0.2, -0.15) is 4.98 Å². The Balaban J connectivity index is 1.02. The summed E-state index contributed by atoms with van der Waals surface area (Å²) >= 11 is 0. The van der Waals surface area contributed by atoms with Crippen LogP contribution in [0.15, 0.2) is 30.5 Å². The summed E-state index contributed by atoms with van der Waals surface area (Å²) in [7, 11) is 0. The Morgan fingerprint density at radius 2 is 1.81 bits per heavy atom. The molecule has 192 valence electrons. The molecule has 0 amide bonds. The van der Waals surface area contributed by atoms with E-state index in [2.05, 4.69) is 56.6 Å². The van der Waals surface area contributed by atoms with Gasteiger partial charge in [0.15, 0.2) is 0 Å². The number of nitrogens with zero attached hydrogens (tertiary/aromatic N) is 4. The maximum Gasteiger partial charge on any atom is 0.229 e. The molecule has 36 heavy (non-hydrogen) atoms. The number of likely N-dealkylation sites (tertiary alicyclic amines) is 1. The number of aryl methyl sites for hydroxylation is 1. The molecule has 4 N–H and O–H groups in total. The number of β-amino-alcohol motifs (C(OH)–C–C–N with tert-alkyl or cyclic N) is 1. The predicted octanol–water partition coefficient (Wildman–Crippen LogP) is 3.14. The predicted molar refractivity (Wildman–Crippen MR) is 141 cm³/mol. The van der Waals surface area contributed by atoms with Crippen LogP contribution in [0.5, 0.6) is 0 Å². The van der Waals surface area contributed by atoms with Gasteiger partial charge < -0.3 is 25.7 Å². The zero-order chi connectivity index (χ0) is 24.4. The van der Waals surface area contributed by atoms with Crippen molar-refractivity contribution >= 4 is 23.1 Å². The quantitative estimate of drug-likeness (QED) is 0.470. The van der Waals surface area contributed by atoms with Gasteiger partial charge in [-0.3, -0.25) is 4.90 Å². The molecule has 1 aromatic carbocycles. The molecule has 0 spiro atoms. The number of aliphatic hydroxyl groups excluding tert-OH is 1. The fraction of sp³-hybridized carbons (Fsp3) is 0.643. The second kappa shape index (κ2) is 8.57.